The Morgan fingerprint density at radius 2 is 1.85 bits per heavy atom. The molecule has 2 N–H and O–H groups in total. The minimum Gasteiger partial charge on any atom is -0.324 e. The summed E-state index contributed by atoms with van der Waals surface area (Å²) in [4.78, 5) is 4.97. The van der Waals surface area contributed by atoms with E-state index >= 15 is 0 Å². The number of hydrogen-bond acceptors (Lipinski definition) is 3. The molecule has 1 aromatic rings. The highest BCUT2D eigenvalue weighted by atomic mass is 35.5. The Morgan fingerprint density at radius 1 is 1.25 bits per heavy atom. The highest BCUT2D eigenvalue weighted by Crippen LogP contribution is 2.24. The van der Waals surface area contributed by atoms with E-state index in [2.05, 4.69) is 30.7 Å². The SMILES string of the molecule is CC1CN(CCC(N)c2ccccc2Cl)CC(C)N1C. The fraction of sp³-hybridized carbons (Fsp3) is 0.625. The maximum absolute atomic E-state index is 6.29. The monoisotopic (exact) mass is 295 g/mol. The van der Waals surface area contributed by atoms with Crippen molar-refractivity contribution in [2.45, 2.75) is 38.4 Å². The summed E-state index contributed by atoms with van der Waals surface area (Å²) in [5.41, 5.74) is 7.35. The van der Waals surface area contributed by atoms with Crippen LogP contribution in [0.2, 0.25) is 5.02 Å². The summed E-state index contributed by atoms with van der Waals surface area (Å²) in [6, 6.07) is 9.13. The van der Waals surface area contributed by atoms with Crippen LogP contribution >= 0.6 is 11.6 Å². The maximum Gasteiger partial charge on any atom is 0.0453 e. The van der Waals surface area contributed by atoms with E-state index in [1.54, 1.807) is 0 Å². The Bertz CT molecular complexity index is 425. The first-order chi connectivity index (χ1) is 9.49. The lowest BCUT2D eigenvalue weighted by Crippen LogP contribution is -2.55. The second-order valence-electron chi connectivity index (χ2n) is 6.04. The molecule has 1 heterocycles. The fourth-order valence-electron chi connectivity index (χ4n) is 2.95. The van der Waals surface area contributed by atoms with Crippen LogP contribution in [0, 0.1) is 0 Å². The summed E-state index contributed by atoms with van der Waals surface area (Å²) >= 11 is 6.21. The Hall–Kier alpha value is -0.610. The first-order valence-corrected chi connectivity index (χ1v) is 7.81. The molecule has 3 atom stereocenters. The van der Waals surface area contributed by atoms with Crippen LogP contribution in [0.5, 0.6) is 0 Å². The number of nitrogens with zero attached hydrogens (tertiary/aromatic N) is 2. The highest BCUT2D eigenvalue weighted by Gasteiger charge is 2.26. The van der Waals surface area contributed by atoms with E-state index in [1.165, 1.54) is 0 Å². The van der Waals surface area contributed by atoms with E-state index in [-0.39, 0.29) is 6.04 Å². The fourth-order valence-corrected chi connectivity index (χ4v) is 3.23. The van der Waals surface area contributed by atoms with Crippen LogP contribution in [0.25, 0.3) is 0 Å². The Morgan fingerprint density at radius 3 is 2.45 bits per heavy atom. The molecule has 0 radical (unpaired) electrons. The minimum absolute atomic E-state index is 0.0222. The zero-order valence-electron chi connectivity index (χ0n) is 12.7. The van der Waals surface area contributed by atoms with Gasteiger partial charge in [-0.25, -0.2) is 0 Å². The quantitative estimate of drug-likeness (QED) is 0.927. The van der Waals surface area contributed by atoms with Crippen LogP contribution in [-0.4, -0.2) is 48.6 Å². The average Bonchev–Trinajstić information content (AvgIpc) is 2.42. The van der Waals surface area contributed by atoms with Gasteiger partial charge in [0.05, 0.1) is 0 Å². The standard InChI is InChI=1S/C16H26ClN3/c1-12-10-20(11-13(2)19(12)3)9-8-16(18)14-6-4-5-7-15(14)17/h4-7,12-13,16H,8-11,18H2,1-3H3. The molecule has 4 heteroatoms. The molecule has 0 spiro atoms. The van der Waals surface area contributed by atoms with E-state index in [4.69, 9.17) is 17.3 Å². The van der Waals surface area contributed by atoms with Gasteiger partial charge in [-0.2, -0.15) is 0 Å². The second kappa shape index (κ2) is 6.90. The summed E-state index contributed by atoms with van der Waals surface area (Å²) < 4.78 is 0. The molecule has 112 valence electrons. The molecular formula is C16H26ClN3. The van der Waals surface area contributed by atoms with Crippen molar-refractivity contribution in [2.75, 3.05) is 26.7 Å². The van der Waals surface area contributed by atoms with Crippen molar-refractivity contribution in [3.63, 3.8) is 0 Å². The number of nitrogens with two attached hydrogens (primary N) is 1. The molecule has 0 amide bonds. The van der Waals surface area contributed by atoms with Crippen molar-refractivity contribution in [3.8, 4) is 0 Å². The molecule has 1 fully saturated rings. The highest BCUT2D eigenvalue weighted by molar-refractivity contribution is 6.31. The lowest BCUT2D eigenvalue weighted by Gasteiger charge is -2.42. The van der Waals surface area contributed by atoms with E-state index in [1.807, 2.05) is 24.3 Å². The third kappa shape index (κ3) is 3.73. The zero-order valence-corrected chi connectivity index (χ0v) is 13.5. The van der Waals surface area contributed by atoms with Crippen LogP contribution in [-0.2, 0) is 0 Å². The number of hydrogen-bond donors (Lipinski definition) is 1. The predicted molar refractivity (Wildman–Crippen MR) is 86.1 cm³/mol. The van der Waals surface area contributed by atoms with Crippen LogP contribution in [0.15, 0.2) is 24.3 Å². The molecule has 0 bridgehead atoms. The summed E-state index contributed by atoms with van der Waals surface area (Å²) in [6.45, 7) is 7.86. The summed E-state index contributed by atoms with van der Waals surface area (Å²) in [6.07, 6.45) is 0.951. The molecule has 3 nitrogen and oxygen atoms in total. The minimum atomic E-state index is 0.0222. The topological polar surface area (TPSA) is 32.5 Å². The Balaban J connectivity index is 1.88. The lowest BCUT2D eigenvalue weighted by atomic mass is 10.0. The average molecular weight is 296 g/mol. The van der Waals surface area contributed by atoms with Gasteiger partial charge in [-0.1, -0.05) is 29.8 Å². The van der Waals surface area contributed by atoms with E-state index in [0.29, 0.717) is 12.1 Å². The largest absolute Gasteiger partial charge is 0.324 e. The molecule has 2 rings (SSSR count). The molecular weight excluding hydrogens is 270 g/mol. The smallest absolute Gasteiger partial charge is 0.0453 e. The first kappa shape index (κ1) is 15.8. The second-order valence-corrected chi connectivity index (χ2v) is 6.45. The van der Waals surface area contributed by atoms with Crippen molar-refractivity contribution in [1.82, 2.24) is 9.80 Å². The van der Waals surface area contributed by atoms with E-state index in [0.717, 1.165) is 36.6 Å². The molecule has 3 unspecified atom stereocenters. The number of rotatable bonds is 4. The van der Waals surface area contributed by atoms with Crippen LogP contribution < -0.4 is 5.73 Å². The molecule has 0 saturated carbocycles. The van der Waals surface area contributed by atoms with Gasteiger partial charge in [0.25, 0.3) is 0 Å². The number of likely N-dealkylation sites (N-methyl/N-ethyl adjacent to an activating group) is 1. The van der Waals surface area contributed by atoms with E-state index in [9.17, 15) is 0 Å². The first-order valence-electron chi connectivity index (χ1n) is 7.43. The van der Waals surface area contributed by atoms with Crippen LogP contribution in [0.3, 0.4) is 0 Å². The maximum atomic E-state index is 6.29. The summed E-state index contributed by atoms with van der Waals surface area (Å²) in [5, 5.41) is 0.778. The third-order valence-electron chi connectivity index (χ3n) is 4.50. The number of halogens is 1. The molecule has 0 aromatic heterocycles. The normalized spacial score (nSPS) is 26.6. The van der Waals surface area contributed by atoms with Gasteiger partial charge in [0.2, 0.25) is 0 Å². The summed E-state index contributed by atoms with van der Waals surface area (Å²) in [5.74, 6) is 0. The third-order valence-corrected chi connectivity index (χ3v) is 4.84. The van der Waals surface area contributed by atoms with Crippen molar-refractivity contribution < 1.29 is 0 Å². The van der Waals surface area contributed by atoms with Crippen LogP contribution in [0.1, 0.15) is 31.9 Å². The van der Waals surface area contributed by atoms with Crippen molar-refractivity contribution in [1.29, 1.82) is 0 Å². The van der Waals surface area contributed by atoms with Gasteiger partial charge in [0.1, 0.15) is 0 Å². The molecule has 1 aliphatic rings. The van der Waals surface area contributed by atoms with E-state index < -0.39 is 0 Å². The van der Waals surface area contributed by atoms with Crippen molar-refractivity contribution in [3.05, 3.63) is 34.9 Å². The van der Waals surface area contributed by atoms with Crippen molar-refractivity contribution in [2.24, 2.45) is 5.73 Å². The van der Waals surface area contributed by atoms with Gasteiger partial charge in [0, 0.05) is 42.8 Å². The predicted octanol–water partition coefficient (Wildman–Crippen LogP) is 2.75. The molecule has 1 aromatic carbocycles. The van der Waals surface area contributed by atoms with Gasteiger partial charge >= 0.3 is 0 Å². The van der Waals surface area contributed by atoms with Crippen LogP contribution in [0.4, 0.5) is 0 Å². The van der Waals surface area contributed by atoms with Gasteiger partial charge in [-0.3, -0.25) is 4.90 Å². The molecule has 20 heavy (non-hydrogen) atoms. The Kier molecular flexibility index (Phi) is 5.44. The lowest BCUT2D eigenvalue weighted by molar-refractivity contribution is 0.0584. The van der Waals surface area contributed by atoms with Crippen molar-refractivity contribution >= 4 is 11.6 Å². The molecule has 1 saturated heterocycles. The Labute approximate surface area is 127 Å². The number of piperazine rings is 1. The van der Waals surface area contributed by atoms with Gasteiger partial charge in [0.15, 0.2) is 0 Å². The zero-order chi connectivity index (χ0) is 14.7. The molecule has 0 aliphatic carbocycles. The van der Waals surface area contributed by atoms with Gasteiger partial charge < -0.3 is 10.6 Å². The van der Waals surface area contributed by atoms with Gasteiger partial charge in [-0.05, 0) is 38.9 Å². The molecule has 1 aliphatic heterocycles. The number of benzene rings is 1. The summed E-state index contributed by atoms with van der Waals surface area (Å²) in [7, 11) is 2.21. The van der Waals surface area contributed by atoms with Gasteiger partial charge in [-0.15, -0.1) is 0 Å².